The number of fused-ring (bicyclic) bond motifs is 2. The molecule has 0 fully saturated rings. The molecule has 0 aliphatic heterocycles. The number of imidazole rings is 1. The van der Waals surface area contributed by atoms with Crippen LogP contribution in [-0.2, 0) is 0 Å². The van der Waals surface area contributed by atoms with Crippen LogP contribution >= 0.6 is 11.6 Å². The molecule has 0 radical (unpaired) electrons. The van der Waals surface area contributed by atoms with Crippen molar-refractivity contribution in [1.29, 1.82) is 0 Å². The molecule has 0 aliphatic rings. The molecule has 0 aliphatic carbocycles. The maximum absolute atomic E-state index is 13.7. The minimum Gasteiger partial charge on any atom is -0.358 e. The number of anilines is 2. The van der Waals surface area contributed by atoms with E-state index in [4.69, 9.17) is 11.6 Å². The van der Waals surface area contributed by atoms with E-state index in [0.29, 0.717) is 0 Å². The predicted molar refractivity (Wildman–Crippen MR) is 123 cm³/mol. The summed E-state index contributed by atoms with van der Waals surface area (Å²) in [6.45, 7) is 0. The van der Waals surface area contributed by atoms with Crippen molar-refractivity contribution < 1.29 is 17.6 Å². The Hall–Kier alpha value is -4.33. The second-order valence-corrected chi connectivity index (χ2v) is 7.96. The third-order valence-corrected chi connectivity index (χ3v) is 5.42. The average Bonchev–Trinajstić information content (AvgIpc) is 3.31. The molecule has 0 amide bonds. The first-order chi connectivity index (χ1) is 17.2. The quantitative estimate of drug-likeness (QED) is 0.284. The molecule has 0 saturated heterocycles. The van der Waals surface area contributed by atoms with E-state index in [9.17, 15) is 22.4 Å². The summed E-state index contributed by atoms with van der Waals surface area (Å²) in [5.41, 5.74) is 2.40. The number of H-pyrrole nitrogens is 1. The van der Waals surface area contributed by atoms with E-state index >= 15 is 0 Å². The Kier molecular flexibility index (Phi) is 5.88. The van der Waals surface area contributed by atoms with E-state index in [-0.39, 0.29) is 44.5 Å². The van der Waals surface area contributed by atoms with E-state index in [2.05, 4.69) is 40.6 Å². The highest BCUT2D eigenvalue weighted by Gasteiger charge is 2.36. The van der Waals surface area contributed by atoms with Crippen molar-refractivity contribution in [1.82, 2.24) is 34.6 Å². The minimum absolute atomic E-state index is 0.0126. The van der Waals surface area contributed by atoms with E-state index in [1.54, 1.807) is 0 Å². The zero-order chi connectivity index (χ0) is 25.4. The number of rotatable bonds is 6. The summed E-state index contributed by atoms with van der Waals surface area (Å²) in [5, 5.41) is 2.73. The van der Waals surface area contributed by atoms with Gasteiger partial charge in [-0.2, -0.15) is 13.2 Å². The van der Waals surface area contributed by atoms with Gasteiger partial charge >= 0.3 is 6.18 Å². The van der Waals surface area contributed by atoms with E-state index in [1.807, 2.05) is 0 Å². The fourth-order valence-corrected chi connectivity index (χ4v) is 3.83. The van der Waals surface area contributed by atoms with Gasteiger partial charge in [0.15, 0.2) is 17.3 Å². The minimum atomic E-state index is -4.67. The van der Waals surface area contributed by atoms with Gasteiger partial charge in [0.1, 0.15) is 23.5 Å². The highest BCUT2D eigenvalue weighted by Crippen LogP contribution is 2.33. The lowest BCUT2D eigenvalue weighted by molar-refractivity contribution is -0.137. The molecule has 5 rings (SSSR count). The van der Waals surface area contributed by atoms with Crippen molar-refractivity contribution in [3.63, 3.8) is 0 Å². The number of nitrogens with one attached hydrogen (secondary N) is 3. The van der Waals surface area contributed by atoms with Crippen molar-refractivity contribution >= 4 is 45.3 Å². The van der Waals surface area contributed by atoms with Gasteiger partial charge in [-0.3, -0.25) is 10.2 Å². The number of pyridine rings is 1. The van der Waals surface area contributed by atoms with Crippen molar-refractivity contribution in [2.45, 2.75) is 18.6 Å². The molecule has 184 valence electrons. The fourth-order valence-electron chi connectivity index (χ4n) is 3.58. The van der Waals surface area contributed by atoms with Gasteiger partial charge in [-0.1, -0.05) is 17.7 Å². The Morgan fingerprint density at radius 1 is 1.11 bits per heavy atom. The predicted octanol–water partition coefficient (Wildman–Crippen LogP) is 4.23. The number of aromatic nitrogens is 7. The third-order valence-electron chi connectivity index (χ3n) is 5.11. The molecule has 1 aromatic carbocycles. The van der Waals surface area contributed by atoms with Gasteiger partial charge in [0.05, 0.1) is 40.9 Å². The van der Waals surface area contributed by atoms with Crippen LogP contribution in [-0.4, -0.2) is 40.8 Å². The van der Waals surface area contributed by atoms with Gasteiger partial charge in [0, 0.05) is 0 Å². The van der Waals surface area contributed by atoms with Crippen LogP contribution in [0.2, 0.25) is 5.02 Å². The standard InChI is InChI=1S/C21H14ClF4N9O/c22-11-2-1-3-12-15(11)20(36)35(34-14-5-4-10(23)7-27-14)19(33-12)13(6-21(24,25)26)32-18-16-17(29-8-28-16)30-9-31-18/h1-5,7-9,13H,6H2,(H,27,34)(H2,28,29,30,31,32). The van der Waals surface area contributed by atoms with Crippen LogP contribution in [0, 0.1) is 5.82 Å². The van der Waals surface area contributed by atoms with Gasteiger partial charge < -0.3 is 10.3 Å². The van der Waals surface area contributed by atoms with Crippen molar-refractivity contribution in [3.8, 4) is 0 Å². The van der Waals surface area contributed by atoms with Crippen LogP contribution in [0.3, 0.4) is 0 Å². The fraction of sp³-hybridized carbons (Fsp3) is 0.143. The number of hydrogen-bond donors (Lipinski definition) is 3. The zero-order valence-corrected chi connectivity index (χ0v) is 18.6. The average molecular weight is 520 g/mol. The Balaban J connectivity index is 1.71. The molecule has 36 heavy (non-hydrogen) atoms. The van der Waals surface area contributed by atoms with Gasteiger partial charge in [-0.05, 0) is 24.3 Å². The van der Waals surface area contributed by atoms with Crippen LogP contribution in [0.4, 0.5) is 29.2 Å². The lowest BCUT2D eigenvalue weighted by Gasteiger charge is -2.24. The van der Waals surface area contributed by atoms with Crippen LogP contribution in [0.15, 0.2) is 54.0 Å². The first-order valence-electron chi connectivity index (χ1n) is 10.3. The molecule has 1 atom stereocenters. The highest BCUT2D eigenvalue weighted by atomic mass is 35.5. The number of nitrogens with zero attached hydrogens (tertiary/aromatic N) is 6. The molecule has 0 saturated carbocycles. The zero-order valence-electron chi connectivity index (χ0n) is 17.9. The smallest absolute Gasteiger partial charge is 0.358 e. The number of halogens is 5. The Morgan fingerprint density at radius 3 is 2.69 bits per heavy atom. The summed E-state index contributed by atoms with van der Waals surface area (Å²) in [7, 11) is 0. The monoisotopic (exact) mass is 519 g/mol. The van der Waals surface area contributed by atoms with Crippen LogP contribution in [0.5, 0.6) is 0 Å². The topological polar surface area (TPSA) is 126 Å². The number of alkyl halides is 3. The molecule has 4 aromatic heterocycles. The number of benzene rings is 1. The molecule has 4 heterocycles. The Labute approximate surface area is 203 Å². The molecule has 1 unspecified atom stereocenters. The lowest BCUT2D eigenvalue weighted by atomic mass is 10.1. The van der Waals surface area contributed by atoms with Crippen LogP contribution in [0.1, 0.15) is 18.3 Å². The normalized spacial score (nSPS) is 12.7. The van der Waals surface area contributed by atoms with Crippen LogP contribution < -0.4 is 16.3 Å². The summed E-state index contributed by atoms with van der Waals surface area (Å²) in [4.78, 5) is 36.3. The largest absolute Gasteiger partial charge is 0.391 e. The van der Waals surface area contributed by atoms with Crippen molar-refractivity contribution in [2.75, 3.05) is 10.7 Å². The molecular formula is C21H14ClF4N9O. The molecule has 5 aromatic rings. The third kappa shape index (κ3) is 4.62. The second-order valence-electron chi connectivity index (χ2n) is 7.56. The summed E-state index contributed by atoms with van der Waals surface area (Å²) in [6.07, 6.45) is -2.76. The van der Waals surface area contributed by atoms with E-state index in [0.717, 1.165) is 23.3 Å². The van der Waals surface area contributed by atoms with Gasteiger partial charge in [-0.15, -0.1) is 0 Å². The number of hydrogen-bond acceptors (Lipinski definition) is 8. The molecule has 0 bridgehead atoms. The van der Waals surface area contributed by atoms with Crippen LogP contribution in [0.25, 0.3) is 22.1 Å². The second kappa shape index (κ2) is 9.03. The summed E-state index contributed by atoms with van der Waals surface area (Å²) < 4.78 is 55.3. The van der Waals surface area contributed by atoms with Gasteiger partial charge in [-0.25, -0.2) is 34.0 Å². The molecule has 10 nitrogen and oxygen atoms in total. The maximum Gasteiger partial charge on any atom is 0.391 e. The number of aromatic amines is 1. The Morgan fingerprint density at radius 2 is 1.94 bits per heavy atom. The summed E-state index contributed by atoms with van der Waals surface area (Å²) >= 11 is 6.21. The molecule has 3 N–H and O–H groups in total. The van der Waals surface area contributed by atoms with Gasteiger partial charge in [0.25, 0.3) is 5.56 Å². The van der Waals surface area contributed by atoms with Crippen molar-refractivity contribution in [2.24, 2.45) is 0 Å². The lowest BCUT2D eigenvalue weighted by Crippen LogP contribution is -2.35. The summed E-state index contributed by atoms with van der Waals surface area (Å²) in [5.74, 6) is -0.989. The van der Waals surface area contributed by atoms with Crippen molar-refractivity contribution in [3.05, 3.63) is 76.2 Å². The van der Waals surface area contributed by atoms with E-state index in [1.165, 1.54) is 30.6 Å². The maximum atomic E-state index is 13.7. The van der Waals surface area contributed by atoms with Gasteiger partial charge in [0.2, 0.25) is 0 Å². The highest BCUT2D eigenvalue weighted by molar-refractivity contribution is 6.35. The van der Waals surface area contributed by atoms with E-state index < -0.39 is 30.0 Å². The first kappa shape index (κ1) is 23.4. The molecular weight excluding hydrogens is 506 g/mol. The Bertz CT molecular complexity index is 1620. The first-order valence-corrected chi connectivity index (χ1v) is 10.6. The molecule has 0 spiro atoms. The summed E-state index contributed by atoms with van der Waals surface area (Å²) in [6, 6.07) is 5.10. The SMILES string of the molecule is O=c1c2c(Cl)cccc2nc(C(CC(F)(F)F)Nc2ncnc3nc[nH]c23)n1Nc1ccc(F)cn1. The molecule has 15 heteroatoms.